The van der Waals surface area contributed by atoms with Crippen LogP contribution in [0.5, 0.6) is 0 Å². The predicted molar refractivity (Wildman–Crippen MR) is 62.3 cm³/mol. The van der Waals surface area contributed by atoms with Crippen molar-refractivity contribution in [3.63, 3.8) is 0 Å². The van der Waals surface area contributed by atoms with Gasteiger partial charge in [0.1, 0.15) is 0 Å². The smallest absolute Gasteiger partial charge is 0.0105 e. The van der Waals surface area contributed by atoms with E-state index in [4.69, 9.17) is 5.73 Å². The first-order valence-corrected chi connectivity index (χ1v) is 5.90. The van der Waals surface area contributed by atoms with E-state index in [1.807, 2.05) is 0 Å². The minimum Gasteiger partial charge on any atom is -0.330 e. The molecule has 0 radical (unpaired) electrons. The van der Waals surface area contributed by atoms with E-state index in [9.17, 15) is 0 Å². The van der Waals surface area contributed by atoms with Gasteiger partial charge in [-0.1, -0.05) is 20.8 Å². The fraction of sp³-hybridized carbons (Fsp3) is 1.00. The van der Waals surface area contributed by atoms with E-state index in [0.717, 1.165) is 6.54 Å². The Hall–Kier alpha value is -0.0800. The summed E-state index contributed by atoms with van der Waals surface area (Å²) in [5, 5.41) is 0. The van der Waals surface area contributed by atoms with Gasteiger partial charge in [0, 0.05) is 6.04 Å². The van der Waals surface area contributed by atoms with Gasteiger partial charge < -0.3 is 10.6 Å². The van der Waals surface area contributed by atoms with Gasteiger partial charge in [-0.05, 0) is 50.7 Å². The van der Waals surface area contributed by atoms with Gasteiger partial charge in [-0.3, -0.25) is 0 Å². The number of nitrogens with two attached hydrogens (primary N) is 1. The molecule has 1 aliphatic heterocycles. The van der Waals surface area contributed by atoms with E-state index in [1.54, 1.807) is 0 Å². The first kappa shape index (κ1) is 12.0. The van der Waals surface area contributed by atoms with Crippen LogP contribution in [-0.4, -0.2) is 30.6 Å². The summed E-state index contributed by atoms with van der Waals surface area (Å²) < 4.78 is 0. The van der Waals surface area contributed by atoms with Crippen LogP contribution in [0.15, 0.2) is 0 Å². The van der Waals surface area contributed by atoms with E-state index in [-0.39, 0.29) is 0 Å². The summed E-state index contributed by atoms with van der Waals surface area (Å²) >= 11 is 0. The Bertz CT molecular complexity index is 167. The molecular formula is C12H26N2. The van der Waals surface area contributed by atoms with Crippen molar-refractivity contribution in [2.75, 3.05) is 19.6 Å². The minimum atomic E-state index is 0.558. The second-order valence-electron chi connectivity index (χ2n) is 5.65. The number of likely N-dealkylation sites (tertiary alicyclic amines) is 1. The van der Waals surface area contributed by atoms with Crippen molar-refractivity contribution in [3.05, 3.63) is 0 Å². The normalized spacial score (nSPS) is 27.2. The maximum absolute atomic E-state index is 5.71. The Morgan fingerprint density at radius 3 is 2.14 bits per heavy atom. The number of nitrogens with zero attached hydrogens (tertiary/aromatic N) is 1. The predicted octanol–water partition coefficient (Wildman–Crippen LogP) is 2.09. The van der Waals surface area contributed by atoms with Crippen molar-refractivity contribution in [3.8, 4) is 0 Å². The minimum absolute atomic E-state index is 0.558. The summed E-state index contributed by atoms with van der Waals surface area (Å²) in [6.45, 7) is 12.6. The molecule has 1 heterocycles. The molecule has 1 rings (SSSR count). The maximum atomic E-state index is 5.71. The average Bonchev–Trinajstić information content (AvgIpc) is 2.15. The first-order valence-electron chi connectivity index (χ1n) is 5.90. The van der Waals surface area contributed by atoms with Crippen LogP contribution in [0.3, 0.4) is 0 Å². The SMILES string of the molecule is CC(CN)C(C)N1CCC(C)(C)CC1. The highest BCUT2D eigenvalue weighted by Gasteiger charge is 2.28. The summed E-state index contributed by atoms with van der Waals surface area (Å²) in [5.74, 6) is 0.621. The van der Waals surface area contributed by atoms with Crippen molar-refractivity contribution >= 4 is 0 Å². The molecule has 14 heavy (non-hydrogen) atoms. The van der Waals surface area contributed by atoms with Gasteiger partial charge in [0.25, 0.3) is 0 Å². The quantitative estimate of drug-likeness (QED) is 0.752. The van der Waals surface area contributed by atoms with Gasteiger partial charge in [0.15, 0.2) is 0 Å². The number of piperidine rings is 1. The molecule has 0 spiro atoms. The van der Waals surface area contributed by atoms with E-state index < -0.39 is 0 Å². The third kappa shape index (κ3) is 2.96. The van der Waals surface area contributed by atoms with Gasteiger partial charge >= 0.3 is 0 Å². The molecule has 1 aliphatic rings. The number of hydrogen-bond donors (Lipinski definition) is 1. The van der Waals surface area contributed by atoms with Gasteiger partial charge in [-0.25, -0.2) is 0 Å². The zero-order valence-corrected chi connectivity index (χ0v) is 10.2. The van der Waals surface area contributed by atoms with Gasteiger partial charge in [-0.15, -0.1) is 0 Å². The van der Waals surface area contributed by atoms with Crippen molar-refractivity contribution in [2.24, 2.45) is 17.1 Å². The van der Waals surface area contributed by atoms with Crippen LogP contribution in [0.4, 0.5) is 0 Å². The Morgan fingerprint density at radius 1 is 1.21 bits per heavy atom. The fourth-order valence-electron chi connectivity index (χ4n) is 2.09. The fourth-order valence-corrected chi connectivity index (χ4v) is 2.09. The summed E-state index contributed by atoms with van der Waals surface area (Å²) in [6, 6.07) is 0.649. The lowest BCUT2D eigenvalue weighted by Gasteiger charge is -2.41. The molecule has 1 saturated heterocycles. The van der Waals surface area contributed by atoms with Crippen molar-refractivity contribution in [1.29, 1.82) is 0 Å². The van der Waals surface area contributed by atoms with Crippen LogP contribution in [0.2, 0.25) is 0 Å². The lowest BCUT2D eigenvalue weighted by Crippen LogP contribution is -2.46. The van der Waals surface area contributed by atoms with Crippen LogP contribution < -0.4 is 5.73 Å². The molecule has 1 fully saturated rings. The maximum Gasteiger partial charge on any atom is 0.0105 e. The van der Waals surface area contributed by atoms with Crippen LogP contribution in [0.25, 0.3) is 0 Å². The third-order valence-electron chi connectivity index (χ3n) is 3.92. The highest BCUT2D eigenvalue weighted by molar-refractivity contribution is 4.83. The van der Waals surface area contributed by atoms with Crippen LogP contribution in [0.1, 0.15) is 40.5 Å². The van der Waals surface area contributed by atoms with E-state index >= 15 is 0 Å². The highest BCUT2D eigenvalue weighted by Crippen LogP contribution is 2.31. The number of rotatable bonds is 3. The second kappa shape index (κ2) is 4.63. The first-order chi connectivity index (χ1) is 6.46. The van der Waals surface area contributed by atoms with Gasteiger partial charge in [-0.2, -0.15) is 0 Å². The van der Waals surface area contributed by atoms with E-state index in [0.29, 0.717) is 17.4 Å². The molecular weight excluding hydrogens is 172 g/mol. The van der Waals surface area contributed by atoms with Crippen LogP contribution in [0, 0.1) is 11.3 Å². The molecule has 0 aliphatic carbocycles. The molecule has 84 valence electrons. The van der Waals surface area contributed by atoms with Crippen molar-refractivity contribution in [1.82, 2.24) is 4.90 Å². The molecule has 2 atom stereocenters. The molecule has 0 aromatic rings. The number of hydrogen-bond acceptors (Lipinski definition) is 2. The van der Waals surface area contributed by atoms with Gasteiger partial charge in [0.05, 0.1) is 0 Å². The topological polar surface area (TPSA) is 29.3 Å². The summed E-state index contributed by atoms with van der Waals surface area (Å²) in [5.41, 5.74) is 6.26. The van der Waals surface area contributed by atoms with E-state index in [2.05, 4.69) is 32.6 Å². The molecule has 0 aromatic carbocycles. The lowest BCUT2D eigenvalue weighted by molar-refractivity contribution is 0.0796. The summed E-state index contributed by atoms with van der Waals surface area (Å²) in [7, 11) is 0. The summed E-state index contributed by atoms with van der Waals surface area (Å²) in [4.78, 5) is 2.60. The van der Waals surface area contributed by atoms with Crippen LogP contribution in [-0.2, 0) is 0 Å². The highest BCUT2D eigenvalue weighted by atomic mass is 15.2. The Balaban J connectivity index is 2.41. The monoisotopic (exact) mass is 198 g/mol. The standard InChI is InChI=1S/C12H26N2/c1-10(9-13)11(2)14-7-5-12(3,4)6-8-14/h10-11H,5-9,13H2,1-4H3. The largest absolute Gasteiger partial charge is 0.330 e. The van der Waals surface area contributed by atoms with Crippen molar-refractivity contribution < 1.29 is 0 Å². The average molecular weight is 198 g/mol. The third-order valence-corrected chi connectivity index (χ3v) is 3.92. The Kier molecular flexibility index (Phi) is 3.96. The molecule has 0 bridgehead atoms. The Morgan fingerprint density at radius 2 is 1.71 bits per heavy atom. The van der Waals surface area contributed by atoms with Crippen molar-refractivity contribution in [2.45, 2.75) is 46.6 Å². The molecule has 0 amide bonds. The van der Waals surface area contributed by atoms with E-state index in [1.165, 1.54) is 25.9 Å². The molecule has 2 nitrogen and oxygen atoms in total. The Labute approximate surface area is 88.8 Å². The summed E-state index contributed by atoms with van der Waals surface area (Å²) in [6.07, 6.45) is 2.66. The molecule has 2 unspecified atom stereocenters. The molecule has 2 heteroatoms. The lowest BCUT2D eigenvalue weighted by atomic mass is 9.82. The molecule has 0 aromatic heterocycles. The second-order valence-corrected chi connectivity index (χ2v) is 5.65. The molecule has 2 N–H and O–H groups in total. The zero-order valence-electron chi connectivity index (χ0n) is 10.2. The van der Waals surface area contributed by atoms with Crippen LogP contribution >= 0.6 is 0 Å². The zero-order chi connectivity index (χ0) is 10.8. The van der Waals surface area contributed by atoms with Gasteiger partial charge in [0.2, 0.25) is 0 Å². The molecule has 0 saturated carbocycles.